The smallest absolute Gasteiger partial charge is 0.255 e. The molecule has 2 aromatic rings. The minimum atomic E-state index is -0.147. The van der Waals surface area contributed by atoms with Gasteiger partial charge >= 0.3 is 0 Å². The monoisotopic (exact) mass is 353 g/mol. The highest BCUT2D eigenvalue weighted by Crippen LogP contribution is 2.23. The van der Waals surface area contributed by atoms with Crippen LogP contribution < -0.4 is 5.32 Å². The van der Waals surface area contributed by atoms with Crippen molar-refractivity contribution in [2.45, 2.75) is 19.4 Å². The minimum absolute atomic E-state index is 0.0711. The van der Waals surface area contributed by atoms with Gasteiger partial charge in [-0.1, -0.05) is 30.3 Å². The lowest BCUT2D eigenvalue weighted by atomic mass is 10.1. The first-order valence-corrected chi connectivity index (χ1v) is 8.75. The Morgan fingerprint density at radius 2 is 1.69 bits per heavy atom. The van der Waals surface area contributed by atoms with E-state index in [-0.39, 0.29) is 17.9 Å². The van der Waals surface area contributed by atoms with Gasteiger partial charge in [0.15, 0.2) is 0 Å². The second-order valence-electron chi connectivity index (χ2n) is 6.68. The van der Waals surface area contributed by atoms with E-state index in [2.05, 4.69) is 5.32 Å². The second kappa shape index (κ2) is 9.15. The van der Waals surface area contributed by atoms with Crippen molar-refractivity contribution in [1.29, 1.82) is 0 Å². The molecule has 0 aliphatic carbocycles. The Morgan fingerprint density at radius 1 is 1.00 bits per heavy atom. The fraction of sp³-hybridized carbons (Fsp3) is 0.333. The van der Waals surface area contributed by atoms with E-state index < -0.39 is 0 Å². The molecule has 0 aliphatic heterocycles. The molecule has 0 fully saturated rings. The second-order valence-corrected chi connectivity index (χ2v) is 6.68. The molecule has 138 valence electrons. The van der Waals surface area contributed by atoms with Crippen LogP contribution in [0, 0.1) is 0 Å². The number of amides is 2. The number of benzene rings is 2. The molecule has 0 saturated heterocycles. The first-order chi connectivity index (χ1) is 12.4. The molecule has 0 bridgehead atoms. The molecule has 1 N–H and O–H groups in total. The molecule has 5 nitrogen and oxygen atoms in total. The van der Waals surface area contributed by atoms with Crippen molar-refractivity contribution in [3.05, 3.63) is 65.7 Å². The van der Waals surface area contributed by atoms with Crippen LogP contribution in [0.25, 0.3) is 0 Å². The van der Waals surface area contributed by atoms with E-state index in [1.165, 1.54) is 0 Å². The van der Waals surface area contributed by atoms with Crippen LogP contribution in [-0.2, 0) is 4.79 Å². The summed E-state index contributed by atoms with van der Waals surface area (Å²) in [5.41, 5.74) is 2.32. The lowest BCUT2D eigenvalue weighted by Crippen LogP contribution is -2.32. The number of hydrogen-bond acceptors (Lipinski definition) is 3. The Labute approximate surface area is 155 Å². The van der Waals surface area contributed by atoms with Gasteiger partial charge in [0.1, 0.15) is 0 Å². The molecule has 2 amide bonds. The van der Waals surface area contributed by atoms with Gasteiger partial charge in [-0.15, -0.1) is 0 Å². The summed E-state index contributed by atoms with van der Waals surface area (Å²) in [6.45, 7) is 2.72. The van der Waals surface area contributed by atoms with E-state index in [1.54, 1.807) is 17.0 Å². The maximum atomic E-state index is 12.3. The largest absolute Gasteiger partial charge is 0.339 e. The summed E-state index contributed by atoms with van der Waals surface area (Å²) in [5.74, 6) is -0.0456. The summed E-state index contributed by atoms with van der Waals surface area (Å²) in [4.78, 5) is 28.4. The zero-order chi connectivity index (χ0) is 19.1. The maximum absolute atomic E-state index is 12.3. The van der Waals surface area contributed by atoms with Crippen LogP contribution in [0.15, 0.2) is 54.6 Å². The Balaban J connectivity index is 2.05. The van der Waals surface area contributed by atoms with E-state index >= 15 is 0 Å². The molecule has 0 unspecified atom stereocenters. The van der Waals surface area contributed by atoms with Crippen molar-refractivity contribution in [2.24, 2.45) is 0 Å². The normalized spacial score (nSPS) is 11.9. The van der Waals surface area contributed by atoms with Gasteiger partial charge in [0.2, 0.25) is 5.91 Å². The van der Waals surface area contributed by atoms with Crippen LogP contribution in [0.4, 0.5) is 5.69 Å². The third-order valence-electron chi connectivity index (χ3n) is 4.41. The van der Waals surface area contributed by atoms with E-state index in [9.17, 15) is 9.59 Å². The van der Waals surface area contributed by atoms with E-state index in [1.807, 2.05) is 75.4 Å². The van der Waals surface area contributed by atoms with Crippen LogP contribution in [0.2, 0.25) is 0 Å². The first-order valence-electron chi connectivity index (χ1n) is 8.75. The zero-order valence-corrected chi connectivity index (χ0v) is 15.9. The van der Waals surface area contributed by atoms with Crippen LogP contribution in [0.3, 0.4) is 0 Å². The molecule has 0 radical (unpaired) electrons. The third-order valence-corrected chi connectivity index (χ3v) is 4.41. The highest BCUT2D eigenvalue weighted by atomic mass is 16.2. The summed E-state index contributed by atoms with van der Waals surface area (Å²) in [6.07, 6.45) is 0.484. The van der Waals surface area contributed by atoms with Gasteiger partial charge < -0.3 is 15.1 Å². The van der Waals surface area contributed by atoms with E-state index in [0.29, 0.717) is 12.0 Å². The lowest BCUT2D eigenvalue weighted by molar-refractivity contribution is -0.132. The Bertz CT molecular complexity index is 744. The SMILES string of the molecule is C[C@@H](c1cccc(NC(=O)c2ccccc2)c1)N(C)C(=O)CCN(C)C. The van der Waals surface area contributed by atoms with Crippen molar-refractivity contribution in [1.82, 2.24) is 9.80 Å². The molecule has 2 aromatic carbocycles. The summed E-state index contributed by atoms with van der Waals surface area (Å²) in [5, 5.41) is 2.91. The highest BCUT2D eigenvalue weighted by molar-refractivity contribution is 6.04. The quantitative estimate of drug-likeness (QED) is 0.830. The topological polar surface area (TPSA) is 52.7 Å². The van der Waals surface area contributed by atoms with E-state index in [4.69, 9.17) is 0 Å². The molecule has 0 heterocycles. The standard InChI is InChI=1S/C21H27N3O2/c1-16(24(4)20(25)13-14-23(2)3)18-11-8-12-19(15-18)22-21(26)17-9-6-5-7-10-17/h5-12,15-16H,13-14H2,1-4H3,(H,22,26)/t16-/m0/s1. The van der Waals surface area contributed by atoms with Gasteiger partial charge in [0, 0.05) is 31.3 Å². The molecule has 5 heteroatoms. The lowest BCUT2D eigenvalue weighted by Gasteiger charge is -2.26. The molecular weight excluding hydrogens is 326 g/mol. The molecule has 0 saturated carbocycles. The third kappa shape index (κ3) is 5.43. The fourth-order valence-electron chi connectivity index (χ4n) is 2.60. The Hall–Kier alpha value is -2.66. The van der Waals surface area contributed by atoms with Gasteiger partial charge in [-0.3, -0.25) is 9.59 Å². The average Bonchev–Trinajstić information content (AvgIpc) is 2.65. The molecule has 2 rings (SSSR count). The van der Waals surface area contributed by atoms with Gasteiger partial charge in [-0.05, 0) is 50.8 Å². The van der Waals surface area contributed by atoms with Crippen molar-refractivity contribution in [2.75, 3.05) is 33.0 Å². The first kappa shape index (κ1) is 19.7. The van der Waals surface area contributed by atoms with Gasteiger partial charge in [-0.25, -0.2) is 0 Å². The molecule has 1 atom stereocenters. The van der Waals surface area contributed by atoms with Crippen molar-refractivity contribution >= 4 is 17.5 Å². The van der Waals surface area contributed by atoms with Gasteiger partial charge in [-0.2, -0.15) is 0 Å². The van der Waals surface area contributed by atoms with Gasteiger partial charge in [0.25, 0.3) is 5.91 Å². The fourth-order valence-corrected chi connectivity index (χ4v) is 2.60. The predicted octanol–water partition coefficient (Wildman–Crippen LogP) is 3.41. The highest BCUT2D eigenvalue weighted by Gasteiger charge is 2.18. The number of carbonyl (C=O) groups excluding carboxylic acids is 2. The van der Waals surface area contributed by atoms with Crippen LogP contribution in [0.5, 0.6) is 0 Å². The summed E-state index contributed by atoms with van der Waals surface area (Å²) >= 11 is 0. The number of rotatable bonds is 7. The number of anilines is 1. The molecule has 0 aromatic heterocycles. The predicted molar refractivity (Wildman–Crippen MR) is 105 cm³/mol. The molecule has 0 spiro atoms. The van der Waals surface area contributed by atoms with Crippen molar-refractivity contribution in [3.8, 4) is 0 Å². The Morgan fingerprint density at radius 3 is 2.35 bits per heavy atom. The average molecular weight is 353 g/mol. The van der Waals surface area contributed by atoms with Gasteiger partial charge in [0.05, 0.1) is 6.04 Å². The minimum Gasteiger partial charge on any atom is -0.339 e. The number of carbonyl (C=O) groups is 2. The number of nitrogens with zero attached hydrogens (tertiary/aromatic N) is 2. The summed E-state index contributed by atoms with van der Waals surface area (Å²) in [7, 11) is 5.73. The van der Waals surface area contributed by atoms with Crippen LogP contribution in [-0.4, -0.2) is 49.3 Å². The van der Waals surface area contributed by atoms with Crippen LogP contribution in [0.1, 0.15) is 35.3 Å². The summed E-state index contributed by atoms with van der Waals surface area (Å²) in [6, 6.07) is 16.7. The zero-order valence-electron chi connectivity index (χ0n) is 15.9. The van der Waals surface area contributed by atoms with Crippen molar-refractivity contribution in [3.63, 3.8) is 0 Å². The maximum Gasteiger partial charge on any atom is 0.255 e. The number of nitrogens with one attached hydrogen (secondary N) is 1. The Kier molecular flexibility index (Phi) is 6.92. The molecule has 26 heavy (non-hydrogen) atoms. The van der Waals surface area contributed by atoms with E-state index in [0.717, 1.165) is 17.8 Å². The number of hydrogen-bond donors (Lipinski definition) is 1. The van der Waals surface area contributed by atoms with Crippen LogP contribution >= 0.6 is 0 Å². The molecule has 0 aliphatic rings. The summed E-state index contributed by atoms with van der Waals surface area (Å²) < 4.78 is 0. The molecular formula is C21H27N3O2. The van der Waals surface area contributed by atoms with Crippen molar-refractivity contribution < 1.29 is 9.59 Å².